The molecule has 6 heteroatoms. The van der Waals surface area contributed by atoms with Crippen molar-refractivity contribution in [2.75, 3.05) is 0 Å². The molecule has 0 aliphatic carbocycles. The summed E-state index contributed by atoms with van der Waals surface area (Å²) in [7, 11) is 0. The molecular formula is C12H11F5O. The zero-order valence-corrected chi connectivity index (χ0v) is 9.31. The third kappa shape index (κ3) is 3.85. The topological polar surface area (TPSA) is 9.23 Å². The third-order valence-corrected chi connectivity index (χ3v) is 2.14. The largest absolute Gasteiger partial charge is 0.499 e. The normalized spacial score (nSPS) is 12.6. The van der Waals surface area contributed by atoms with Crippen LogP contribution in [0.15, 0.2) is 24.3 Å². The van der Waals surface area contributed by atoms with Crippen LogP contribution in [-0.2, 0) is 6.42 Å². The fourth-order valence-corrected chi connectivity index (χ4v) is 1.28. The average Bonchev–Trinajstić information content (AvgIpc) is 2.24. The Morgan fingerprint density at radius 3 is 2.33 bits per heavy atom. The van der Waals surface area contributed by atoms with Crippen molar-refractivity contribution >= 4 is 0 Å². The van der Waals surface area contributed by atoms with Crippen molar-refractivity contribution < 1.29 is 26.7 Å². The Bertz CT molecular complexity index is 386. The van der Waals surface area contributed by atoms with Crippen LogP contribution < -0.4 is 4.74 Å². The Labute approximate surface area is 102 Å². The lowest BCUT2D eigenvalue weighted by Crippen LogP contribution is -2.41. The molecule has 0 saturated heterocycles. The van der Waals surface area contributed by atoms with Crippen LogP contribution in [0.25, 0.3) is 0 Å². The predicted octanol–water partition coefficient (Wildman–Crippen LogP) is 4.25. The summed E-state index contributed by atoms with van der Waals surface area (Å²) in [5.41, 5.74) is 0.593. The van der Waals surface area contributed by atoms with Crippen molar-refractivity contribution in [2.24, 2.45) is 0 Å². The molecule has 0 aliphatic rings. The highest BCUT2D eigenvalue weighted by Gasteiger charge is 2.61. The molecule has 100 valence electrons. The minimum atomic E-state index is -5.74. The number of benzene rings is 1. The summed E-state index contributed by atoms with van der Waals surface area (Å²) >= 11 is 0. The van der Waals surface area contributed by atoms with Crippen molar-refractivity contribution in [1.29, 1.82) is 0 Å². The Morgan fingerprint density at radius 2 is 1.78 bits per heavy atom. The smallest absolute Gasteiger partial charge is 0.426 e. The van der Waals surface area contributed by atoms with E-state index < -0.39 is 18.0 Å². The Hall–Kier alpha value is -1.33. The first kappa shape index (κ1) is 14.7. The maximum absolute atomic E-state index is 12.6. The zero-order valence-electron chi connectivity index (χ0n) is 9.31. The number of alkyl halides is 5. The summed E-state index contributed by atoms with van der Waals surface area (Å²) in [5, 5.41) is 0. The number of halogens is 5. The summed E-state index contributed by atoms with van der Waals surface area (Å²) in [4.78, 5) is 0. The monoisotopic (exact) mass is 266 g/mol. The molecule has 0 bridgehead atoms. The molecule has 1 aromatic rings. The number of aryl methyl sites for hydroxylation is 1. The number of hydrogen-bond acceptors (Lipinski definition) is 1. The summed E-state index contributed by atoms with van der Waals surface area (Å²) in [6, 6.07) is 5.16. The first-order valence-corrected chi connectivity index (χ1v) is 5.19. The van der Waals surface area contributed by atoms with Gasteiger partial charge in [-0.2, -0.15) is 22.0 Å². The van der Waals surface area contributed by atoms with Crippen LogP contribution in [0.4, 0.5) is 22.0 Å². The highest BCUT2D eigenvalue weighted by Crippen LogP contribution is 2.37. The van der Waals surface area contributed by atoms with Crippen molar-refractivity contribution in [3.63, 3.8) is 0 Å². The van der Waals surface area contributed by atoms with E-state index in [2.05, 4.69) is 4.74 Å². The minimum Gasteiger partial charge on any atom is -0.426 e. The van der Waals surface area contributed by atoms with Gasteiger partial charge in [-0.25, -0.2) is 0 Å². The predicted molar refractivity (Wildman–Crippen MR) is 55.3 cm³/mol. The Kier molecular flexibility index (Phi) is 4.53. The SMILES string of the molecule is [CH]CCCc1cccc(OC(F)(F)C(F)(F)F)c1. The molecular weight excluding hydrogens is 255 g/mol. The van der Waals surface area contributed by atoms with E-state index in [1.165, 1.54) is 6.07 Å². The molecule has 2 radical (unpaired) electrons. The standard InChI is InChI=1S/C12H11F5O/c1-2-3-5-9-6-4-7-10(8-9)18-12(16,17)11(13,14)15/h1,4,6-8H,2-3,5H2. The average molecular weight is 266 g/mol. The fourth-order valence-electron chi connectivity index (χ4n) is 1.28. The van der Waals surface area contributed by atoms with E-state index in [-0.39, 0.29) is 0 Å². The first-order valence-electron chi connectivity index (χ1n) is 5.19. The molecule has 0 unspecified atom stereocenters. The van der Waals surface area contributed by atoms with E-state index in [0.29, 0.717) is 24.8 Å². The molecule has 0 aliphatic heterocycles. The van der Waals surface area contributed by atoms with Crippen LogP contribution in [0.3, 0.4) is 0 Å². The van der Waals surface area contributed by atoms with Gasteiger partial charge in [0.15, 0.2) is 0 Å². The molecule has 0 spiro atoms. The van der Waals surface area contributed by atoms with Gasteiger partial charge in [0.05, 0.1) is 0 Å². The number of hydrogen-bond donors (Lipinski definition) is 0. The van der Waals surface area contributed by atoms with Crippen molar-refractivity contribution in [3.05, 3.63) is 36.8 Å². The van der Waals surface area contributed by atoms with Gasteiger partial charge in [0.25, 0.3) is 0 Å². The molecule has 18 heavy (non-hydrogen) atoms. The lowest BCUT2D eigenvalue weighted by molar-refractivity contribution is -0.360. The summed E-state index contributed by atoms with van der Waals surface area (Å²) in [5.74, 6) is -0.521. The number of rotatable bonds is 5. The fraction of sp³-hybridized carbons (Fsp3) is 0.417. The van der Waals surface area contributed by atoms with Gasteiger partial charge in [0, 0.05) is 0 Å². The minimum absolute atomic E-state index is 0.407. The molecule has 0 heterocycles. The van der Waals surface area contributed by atoms with Crippen molar-refractivity contribution in [3.8, 4) is 5.75 Å². The summed E-state index contributed by atoms with van der Waals surface area (Å²) in [6.45, 7) is 5.27. The lowest BCUT2D eigenvalue weighted by atomic mass is 10.1. The van der Waals surface area contributed by atoms with E-state index in [1.807, 2.05) is 0 Å². The Balaban J connectivity index is 2.79. The number of ether oxygens (including phenoxy) is 1. The van der Waals surface area contributed by atoms with Gasteiger partial charge in [0.2, 0.25) is 0 Å². The molecule has 0 amide bonds. The van der Waals surface area contributed by atoms with Crippen LogP contribution in [0.5, 0.6) is 5.75 Å². The van der Waals surface area contributed by atoms with Crippen LogP contribution in [0, 0.1) is 6.92 Å². The summed E-state index contributed by atoms with van der Waals surface area (Å²) in [6.07, 6.45) is -9.42. The molecule has 1 rings (SSSR count). The van der Waals surface area contributed by atoms with E-state index >= 15 is 0 Å². The van der Waals surface area contributed by atoms with Gasteiger partial charge in [-0.3, -0.25) is 0 Å². The lowest BCUT2D eigenvalue weighted by Gasteiger charge is -2.20. The van der Waals surface area contributed by atoms with E-state index in [9.17, 15) is 22.0 Å². The van der Waals surface area contributed by atoms with Crippen molar-refractivity contribution in [1.82, 2.24) is 0 Å². The van der Waals surface area contributed by atoms with Gasteiger partial charge in [0.1, 0.15) is 5.75 Å². The first-order chi connectivity index (χ1) is 8.26. The van der Waals surface area contributed by atoms with Crippen LogP contribution in [0.2, 0.25) is 0 Å². The third-order valence-electron chi connectivity index (χ3n) is 2.14. The van der Waals surface area contributed by atoms with Crippen molar-refractivity contribution in [2.45, 2.75) is 31.5 Å². The van der Waals surface area contributed by atoms with Crippen LogP contribution in [-0.4, -0.2) is 12.3 Å². The van der Waals surface area contributed by atoms with Gasteiger partial charge in [-0.1, -0.05) is 12.1 Å². The van der Waals surface area contributed by atoms with E-state index in [1.54, 1.807) is 6.07 Å². The Morgan fingerprint density at radius 1 is 1.11 bits per heavy atom. The van der Waals surface area contributed by atoms with Gasteiger partial charge in [-0.05, 0) is 43.9 Å². The quantitative estimate of drug-likeness (QED) is 0.724. The summed E-state index contributed by atoms with van der Waals surface area (Å²) < 4.78 is 64.8. The molecule has 0 atom stereocenters. The van der Waals surface area contributed by atoms with Crippen LogP contribution >= 0.6 is 0 Å². The molecule has 0 saturated carbocycles. The maximum atomic E-state index is 12.6. The molecule has 1 nitrogen and oxygen atoms in total. The van der Waals surface area contributed by atoms with E-state index in [4.69, 9.17) is 6.92 Å². The van der Waals surface area contributed by atoms with Crippen LogP contribution in [0.1, 0.15) is 18.4 Å². The maximum Gasteiger partial charge on any atom is 0.499 e. The highest BCUT2D eigenvalue weighted by molar-refractivity contribution is 5.29. The molecule has 1 aromatic carbocycles. The second-order valence-corrected chi connectivity index (χ2v) is 3.66. The highest BCUT2D eigenvalue weighted by atomic mass is 19.4. The molecule has 0 aromatic heterocycles. The van der Waals surface area contributed by atoms with Gasteiger partial charge >= 0.3 is 12.3 Å². The zero-order chi connectivity index (χ0) is 13.8. The number of unbranched alkanes of at least 4 members (excludes halogenated alkanes) is 1. The van der Waals surface area contributed by atoms with E-state index in [0.717, 1.165) is 12.1 Å². The van der Waals surface area contributed by atoms with Gasteiger partial charge < -0.3 is 4.74 Å². The molecule has 0 N–H and O–H groups in total. The second-order valence-electron chi connectivity index (χ2n) is 3.66. The molecule has 0 fully saturated rings. The van der Waals surface area contributed by atoms with Gasteiger partial charge in [-0.15, -0.1) is 0 Å². The second kappa shape index (κ2) is 5.54.